The number of nitriles is 1. The van der Waals surface area contributed by atoms with Gasteiger partial charge >= 0.3 is 0 Å². The Morgan fingerprint density at radius 3 is 2.75 bits per heavy atom. The van der Waals surface area contributed by atoms with Crippen LogP contribution in [0.2, 0.25) is 0 Å². The third kappa shape index (κ3) is 3.05. The Morgan fingerprint density at radius 1 is 1.50 bits per heavy atom. The lowest BCUT2D eigenvalue weighted by Gasteiger charge is -2.27. The molecule has 0 radical (unpaired) electrons. The monoisotopic (exact) mass is 291 g/mol. The molecule has 5 nitrogen and oxygen atoms in total. The van der Waals surface area contributed by atoms with Crippen LogP contribution in [0.25, 0.3) is 0 Å². The van der Waals surface area contributed by atoms with Crippen molar-refractivity contribution >= 4 is 23.1 Å². The second-order valence-corrected chi connectivity index (χ2v) is 6.32. The van der Waals surface area contributed by atoms with E-state index in [1.165, 1.54) is 18.9 Å². The van der Waals surface area contributed by atoms with Crippen LogP contribution < -0.4 is 5.32 Å². The maximum atomic E-state index is 11.1. The molecule has 0 amide bonds. The number of nitrogens with zero attached hydrogens (tertiary/aromatic N) is 2. The number of thioether (sulfide) groups is 1. The summed E-state index contributed by atoms with van der Waals surface area (Å²) < 4.78 is 0.182. The molecule has 0 bridgehead atoms. The van der Waals surface area contributed by atoms with Gasteiger partial charge in [0, 0.05) is 17.4 Å². The van der Waals surface area contributed by atoms with Crippen molar-refractivity contribution in [1.82, 2.24) is 0 Å². The molecule has 0 saturated heterocycles. The number of hydrogen-bond donors (Lipinski definition) is 1. The molecule has 1 saturated carbocycles. The maximum Gasteiger partial charge on any atom is 0.293 e. The molecule has 1 fully saturated rings. The fourth-order valence-corrected chi connectivity index (χ4v) is 3.54. The molecular formula is C14H17N3O2S. The molecular weight excluding hydrogens is 274 g/mol. The average Bonchev–Trinajstić information content (AvgIpc) is 2.94. The zero-order valence-corrected chi connectivity index (χ0v) is 12.2. The standard InChI is InChI=1S/C14H17N3O2S/c1-20-14(6-2-3-7-14)10-16-12-5-4-11(9-15)8-13(12)17(18)19/h4-5,8,16H,2-3,6-7,10H2,1H3. The SMILES string of the molecule is CSC1(CNc2ccc(C#N)cc2[N+](=O)[O-])CCCC1. The fourth-order valence-electron chi connectivity index (χ4n) is 2.63. The van der Waals surface area contributed by atoms with Crippen molar-refractivity contribution in [3.05, 3.63) is 33.9 Å². The van der Waals surface area contributed by atoms with Crippen LogP contribution in [-0.2, 0) is 0 Å². The van der Waals surface area contributed by atoms with E-state index in [0.717, 1.165) is 19.4 Å². The van der Waals surface area contributed by atoms with E-state index in [4.69, 9.17) is 5.26 Å². The van der Waals surface area contributed by atoms with Gasteiger partial charge in [-0.25, -0.2) is 0 Å². The summed E-state index contributed by atoms with van der Waals surface area (Å²) in [6.45, 7) is 0.723. The molecule has 0 aromatic heterocycles. The van der Waals surface area contributed by atoms with Gasteiger partial charge in [-0.3, -0.25) is 10.1 Å². The molecule has 0 atom stereocenters. The number of nitro groups is 1. The minimum Gasteiger partial charge on any atom is -0.378 e. The third-order valence-electron chi connectivity index (χ3n) is 3.87. The summed E-state index contributed by atoms with van der Waals surface area (Å²) in [6.07, 6.45) is 6.83. The van der Waals surface area contributed by atoms with Gasteiger partial charge in [-0.2, -0.15) is 17.0 Å². The fraction of sp³-hybridized carbons (Fsp3) is 0.500. The quantitative estimate of drug-likeness (QED) is 0.663. The van der Waals surface area contributed by atoms with Gasteiger partial charge in [0.05, 0.1) is 16.6 Å². The maximum absolute atomic E-state index is 11.1. The van der Waals surface area contributed by atoms with Gasteiger partial charge in [0.1, 0.15) is 5.69 Å². The van der Waals surface area contributed by atoms with E-state index in [9.17, 15) is 10.1 Å². The topological polar surface area (TPSA) is 79.0 Å². The highest BCUT2D eigenvalue weighted by molar-refractivity contribution is 8.00. The van der Waals surface area contributed by atoms with Crippen LogP contribution in [0.1, 0.15) is 31.2 Å². The summed E-state index contributed by atoms with van der Waals surface area (Å²) in [6, 6.07) is 6.48. The molecule has 0 aliphatic heterocycles. The van der Waals surface area contributed by atoms with Crippen LogP contribution in [0.4, 0.5) is 11.4 Å². The number of nitro benzene ring substituents is 1. The van der Waals surface area contributed by atoms with Crippen molar-refractivity contribution in [2.24, 2.45) is 0 Å². The van der Waals surface area contributed by atoms with E-state index in [2.05, 4.69) is 11.6 Å². The molecule has 0 unspecified atom stereocenters. The van der Waals surface area contributed by atoms with Crippen molar-refractivity contribution in [2.75, 3.05) is 18.1 Å². The van der Waals surface area contributed by atoms with Gasteiger partial charge in [-0.1, -0.05) is 12.8 Å². The number of nitrogens with one attached hydrogen (secondary N) is 1. The zero-order chi connectivity index (χ0) is 14.6. The highest BCUT2D eigenvalue weighted by Crippen LogP contribution is 2.40. The van der Waals surface area contributed by atoms with Crippen molar-refractivity contribution < 1.29 is 4.92 Å². The first-order chi connectivity index (χ1) is 9.60. The normalized spacial score (nSPS) is 16.6. The molecule has 1 aromatic rings. The third-order valence-corrected chi connectivity index (χ3v) is 5.29. The lowest BCUT2D eigenvalue weighted by molar-refractivity contribution is -0.384. The van der Waals surface area contributed by atoms with Crippen molar-refractivity contribution in [2.45, 2.75) is 30.4 Å². The van der Waals surface area contributed by atoms with Crippen LogP contribution in [0.15, 0.2) is 18.2 Å². The van der Waals surface area contributed by atoms with Crippen LogP contribution in [-0.4, -0.2) is 22.5 Å². The van der Waals surface area contributed by atoms with Crippen molar-refractivity contribution in [3.63, 3.8) is 0 Å². The van der Waals surface area contributed by atoms with E-state index in [1.807, 2.05) is 17.8 Å². The lowest BCUT2D eigenvalue weighted by atomic mass is 10.1. The summed E-state index contributed by atoms with van der Waals surface area (Å²) in [5.41, 5.74) is 0.773. The molecule has 106 valence electrons. The lowest BCUT2D eigenvalue weighted by Crippen LogP contribution is -2.30. The van der Waals surface area contributed by atoms with Gasteiger partial charge in [-0.15, -0.1) is 0 Å². The summed E-state index contributed by atoms with van der Waals surface area (Å²) in [4.78, 5) is 10.6. The molecule has 1 aromatic carbocycles. The van der Waals surface area contributed by atoms with Crippen molar-refractivity contribution in [3.8, 4) is 6.07 Å². The Hall–Kier alpha value is -1.74. The average molecular weight is 291 g/mol. The summed E-state index contributed by atoms with van der Waals surface area (Å²) in [7, 11) is 0. The molecule has 0 heterocycles. The summed E-state index contributed by atoms with van der Waals surface area (Å²) >= 11 is 1.84. The molecule has 1 aliphatic carbocycles. The number of hydrogen-bond acceptors (Lipinski definition) is 5. The highest BCUT2D eigenvalue weighted by atomic mass is 32.2. The van der Waals surface area contributed by atoms with E-state index < -0.39 is 4.92 Å². The van der Waals surface area contributed by atoms with E-state index >= 15 is 0 Å². The first-order valence-electron chi connectivity index (χ1n) is 6.58. The predicted molar refractivity (Wildman–Crippen MR) is 81.0 cm³/mol. The van der Waals surface area contributed by atoms with E-state index in [-0.39, 0.29) is 10.4 Å². The molecule has 1 aliphatic rings. The van der Waals surface area contributed by atoms with Gasteiger partial charge in [0.25, 0.3) is 5.69 Å². The molecule has 6 heteroatoms. The number of rotatable bonds is 5. The number of benzene rings is 1. The van der Waals surface area contributed by atoms with Crippen LogP contribution >= 0.6 is 11.8 Å². The van der Waals surface area contributed by atoms with Gasteiger partial charge < -0.3 is 5.32 Å². The molecule has 2 rings (SSSR count). The largest absolute Gasteiger partial charge is 0.378 e. The summed E-state index contributed by atoms with van der Waals surface area (Å²) in [5.74, 6) is 0. The Morgan fingerprint density at radius 2 is 2.20 bits per heavy atom. The predicted octanol–water partition coefficient (Wildman–Crippen LogP) is 3.55. The van der Waals surface area contributed by atoms with Crippen LogP contribution in [0.5, 0.6) is 0 Å². The minimum absolute atomic E-state index is 0.0294. The van der Waals surface area contributed by atoms with Crippen LogP contribution in [0.3, 0.4) is 0 Å². The smallest absolute Gasteiger partial charge is 0.293 e. The summed E-state index contributed by atoms with van der Waals surface area (Å²) in [5, 5.41) is 23.1. The Bertz CT molecular complexity index is 548. The Kier molecular flexibility index (Phi) is 4.50. The van der Waals surface area contributed by atoms with Gasteiger partial charge in [-0.05, 0) is 31.2 Å². The molecule has 1 N–H and O–H groups in total. The second-order valence-electron chi connectivity index (χ2n) is 5.05. The van der Waals surface area contributed by atoms with Crippen molar-refractivity contribution in [1.29, 1.82) is 5.26 Å². The van der Waals surface area contributed by atoms with Crippen LogP contribution in [0, 0.1) is 21.4 Å². The number of anilines is 1. The highest BCUT2D eigenvalue weighted by Gasteiger charge is 2.33. The first-order valence-corrected chi connectivity index (χ1v) is 7.80. The minimum atomic E-state index is -0.441. The van der Waals surface area contributed by atoms with E-state index in [0.29, 0.717) is 11.3 Å². The first kappa shape index (κ1) is 14.7. The van der Waals surface area contributed by atoms with Gasteiger partial charge in [0.2, 0.25) is 0 Å². The second kappa shape index (κ2) is 6.14. The van der Waals surface area contributed by atoms with Gasteiger partial charge in [0.15, 0.2) is 0 Å². The molecule has 20 heavy (non-hydrogen) atoms. The van der Waals surface area contributed by atoms with E-state index in [1.54, 1.807) is 12.1 Å². The molecule has 0 spiro atoms. The Balaban J connectivity index is 2.17. The Labute approximate surface area is 122 Å². The zero-order valence-electron chi connectivity index (χ0n) is 11.4.